The third kappa shape index (κ3) is 5.54. The first-order valence-corrected chi connectivity index (χ1v) is 12.3. The van der Waals surface area contributed by atoms with Crippen LogP contribution in [0.2, 0.25) is 5.02 Å². The van der Waals surface area contributed by atoms with Gasteiger partial charge < -0.3 is 4.74 Å². The number of ether oxygens (including phenoxy) is 1. The van der Waals surface area contributed by atoms with Gasteiger partial charge in [0.25, 0.3) is 5.56 Å². The molecule has 0 amide bonds. The molecule has 0 saturated heterocycles. The summed E-state index contributed by atoms with van der Waals surface area (Å²) < 4.78 is 8.79. The number of benzene rings is 3. The fourth-order valence-electron chi connectivity index (χ4n) is 3.35. The van der Waals surface area contributed by atoms with E-state index in [-0.39, 0.29) is 5.56 Å². The summed E-state index contributed by atoms with van der Waals surface area (Å²) in [4.78, 5) is 17.8. The molecule has 0 aliphatic heterocycles. The molecule has 4 aromatic rings. The Morgan fingerprint density at radius 3 is 2.64 bits per heavy atom. The van der Waals surface area contributed by atoms with E-state index < -0.39 is 0 Å². The SMILES string of the molecule is CCCc1nc2ccc(Br)cc2c(=O)n1N=Cc1cc(Cl)c(OCc2ccccc2)c(Br)c1. The van der Waals surface area contributed by atoms with E-state index in [4.69, 9.17) is 16.3 Å². The van der Waals surface area contributed by atoms with Gasteiger partial charge in [-0.1, -0.05) is 64.8 Å². The number of hydrogen-bond acceptors (Lipinski definition) is 4. The van der Waals surface area contributed by atoms with E-state index in [1.54, 1.807) is 18.3 Å². The standard InChI is InChI=1S/C25H20Br2ClN3O2/c1-2-6-23-30-22-10-9-18(26)13-19(22)25(32)31(23)29-14-17-11-20(27)24(21(28)12-17)33-15-16-7-4-3-5-8-16/h3-5,7-14H,2,6,15H2,1H3. The van der Waals surface area contributed by atoms with Crippen molar-refractivity contribution in [3.63, 3.8) is 0 Å². The Hall–Kier alpha value is -2.48. The molecular weight excluding hydrogens is 570 g/mol. The number of fused-ring (bicyclic) bond motifs is 1. The van der Waals surface area contributed by atoms with E-state index in [9.17, 15) is 4.79 Å². The second kappa shape index (κ2) is 10.6. The first-order valence-electron chi connectivity index (χ1n) is 10.4. The Labute approximate surface area is 213 Å². The number of rotatable bonds is 7. The van der Waals surface area contributed by atoms with Crippen molar-refractivity contribution >= 4 is 60.6 Å². The van der Waals surface area contributed by atoms with Crippen LogP contribution >= 0.6 is 43.5 Å². The maximum Gasteiger partial charge on any atom is 0.282 e. The number of aromatic nitrogens is 2. The van der Waals surface area contributed by atoms with Crippen LogP contribution in [0.15, 0.2) is 79.5 Å². The smallest absolute Gasteiger partial charge is 0.282 e. The lowest BCUT2D eigenvalue weighted by Gasteiger charge is -2.11. The second-order valence-corrected chi connectivity index (χ2v) is 9.57. The van der Waals surface area contributed by atoms with Crippen LogP contribution in [0.3, 0.4) is 0 Å². The monoisotopic (exact) mass is 587 g/mol. The van der Waals surface area contributed by atoms with Crippen molar-refractivity contribution in [1.82, 2.24) is 9.66 Å². The van der Waals surface area contributed by atoms with Crippen molar-refractivity contribution < 1.29 is 4.74 Å². The average molecular weight is 590 g/mol. The van der Waals surface area contributed by atoms with Crippen molar-refractivity contribution in [2.75, 3.05) is 0 Å². The highest BCUT2D eigenvalue weighted by Gasteiger charge is 2.12. The van der Waals surface area contributed by atoms with Crippen LogP contribution in [0, 0.1) is 0 Å². The molecule has 0 N–H and O–H groups in total. The fourth-order valence-corrected chi connectivity index (χ4v) is 4.70. The first-order chi connectivity index (χ1) is 16.0. The van der Waals surface area contributed by atoms with Crippen LogP contribution in [0.25, 0.3) is 10.9 Å². The van der Waals surface area contributed by atoms with Gasteiger partial charge in [0.15, 0.2) is 5.75 Å². The van der Waals surface area contributed by atoms with Gasteiger partial charge in [-0.15, -0.1) is 0 Å². The van der Waals surface area contributed by atoms with Gasteiger partial charge in [-0.05, 0) is 63.8 Å². The molecule has 4 rings (SSSR count). The maximum atomic E-state index is 13.1. The summed E-state index contributed by atoms with van der Waals surface area (Å²) in [5.74, 6) is 1.17. The highest BCUT2D eigenvalue weighted by atomic mass is 79.9. The molecule has 168 valence electrons. The molecule has 0 radical (unpaired) electrons. The Morgan fingerprint density at radius 2 is 1.91 bits per heavy atom. The van der Waals surface area contributed by atoms with Crippen molar-refractivity contribution in [3.8, 4) is 5.75 Å². The molecule has 3 aromatic carbocycles. The number of aryl methyl sites for hydroxylation is 1. The van der Waals surface area contributed by atoms with Gasteiger partial charge in [-0.3, -0.25) is 4.79 Å². The lowest BCUT2D eigenvalue weighted by molar-refractivity contribution is 0.304. The van der Waals surface area contributed by atoms with Gasteiger partial charge in [0, 0.05) is 10.9 Å². The Bertz CT molecular complexity index is 1370. The minimum Gasteiger partial charge on any atom is -0.486 e. The Kier molecular flexibility index (Phi) is 7.63. The van der Waals surface area contributed by atoms with E-state index >= 15 is 0 Å². The van der Waals surface area contributed by atoms with Crippen LogP contribution in [0.5, 0.6) is 5.75 Å². The minimum absolute atomic E-state index is 0.214. The van der Waals surface area contributed by atoms with Gasteiger partial charge in [0.05, 0.1) is 26.6 Å². The van der Waals surface area contributed by atoms with Gasteiger partial charge >= 0.3 is 0 Å². The van der Waals surface area contributed by atoms with E-state index in [0.29, 0.717) is 45.0 Å². The largest absolute Gasteiger partial charge is 0.486 e. The third-order valence-corrected chi connectivity index (χ3v) is 6.28. The Morgan fingerprint density at radius 1 is 1.12 bits per heavy atom. The second-order valence-electron chi connectivity index (χ2n) is 7.39. The minimum atomic E-state index is -0.214. The molecule has 0 bridgehead atoms. The molecule has 33 heavy (non-hydrogen) atoms. The summed E-state index contributed by atoms with van der Waals surface area (Å²) >= 11 is 13.4. The summed E-state index contributed by atoms with van der Waals surface area (Å²) in [6, 6.07) is 18.9. The molecule has 0 aliphatic carbocycles. The topological polar surface area (TPSA) is 56.5 Å². The van der Waals surface area contributed by atoms with Gasteiger partial charge in [-0.25, -0.2) is 4.98 Å². The molecule has 0 aliphatic rings. The Balaban J connectivity index is 1.65. The zero-order valence-corrected chi connectivity index (χ0v) is 21.7. The van der Waals surface area contributed by atoms with E-state index in [1.807, 2.05) is 55.5 Å². The predicted octanol–water partition coefficient (Wildman–Crippen LogP) is 6.99. The maximum absolute atomic E-state index is 13.1. The molecule has 0 unspecified atom stereocenters. The van der Waals surface area contributed by atoms with E-state index in [1.165, 1.54) is 4.68 Å². The molecule has 5 nitrogen and oxygen atoms in total. The van der Waals surface area contributed by atoms with Gasteiger partial charge in [0.1, 0.15) is 12.4 Å². The van der Waals surface area contributed by atoms with Gasteiger partial charge in [0.2, 0.25) is 0 Å². The lowest BCUT2D eigenvalue weighted by Crippen LogP contribution is -2.22. The van der Waals surface area contributed by atoms with Crippen LogP contribution < -0.4 is 10.3 Å². The predicted molar refractivity (Wildman–Crippen MR) is 141 cm³/mol. The summed E-state index contributed by atoms with van der Waals surface area (Å²) in [6.07, 6.45) is 3.08. The van der Waals surface area contributed by atoms with Crippen LogP contribution in [0.1, 0.15) is 30.3 Å². The van der Waals surface area contributed by atoms with E-state index in [2.05, 4.69) is 41.9 Å². The van der Waals surface area contributed by atoms with Crippen molar-refractivity contribution in [1.29, 1.82) is 0 Å². The molecule has 1 heterocycles. The van der Waals surface area contributed by atoms with Crippen molar-refractivity contribution in [2.45, 2.75) is 26.4 Å². The van der Waals surface area contributed by atoms with Crippen LogP contribution in [-0.2, 0) is 13.0 Å². The lowest BCUT2D eigenvalue weighted by atomic mass is 10.2. The zero-order valence-electron chi connectivity index (χ0n) is 17.8. The zero-order chi connectivity index (χ0) is 23.4. The summed E-state index contributed by atoms with van der Waals surface area (Å²) in [7, 11) is 0. The molecule has 0 spiro atoms. The highest BCUT2D eigenvalue weighted by molar-refractivity contribution is 9.10. The van der Waals surface area contributed by atoms with Crippen molar-refractivity contribution in [3.05, 3.63) is 102 Å². The summed E-state index contributed by atoms with van der Waals surface area (Å²) in [5, 5.41) is 5.41. The number of halogens is 3. The average Bonchev–Trinajstić information content (AvgIpc) is 2.80. The highest BCUT2D eigenvalue weighted by Crippen LogP contribution is 2.34. The van der Waals surface area contributed by atoms with E-state index in [0.717, 1.165) is 22.0 Å². The van der Waals surface area contributed by atoms with Gasteiger partial charge in [-0.2, -0.15) is 9.78 Å². The molecule has 0 saturated carbocycles. The normalized spacial score (nSPS) is 11.4. The summed E-state index contributed by atoms with van der Waals surface area (Å²) in [5.41, 5.74) is 2.21. The molecule has 1 aromatic heterocycles. The molecule has 0 fully saturated rings. The first kappa shape index (κ1) is 23.7. The van der Waals surface area contributed by atoms with Crippen LogP contribution in [-0.4, -0.2) is 15.9 Å². The van der Waals surface area contributed by atoms with Crippen molar-refractivity contribution in [2.24, 2.45) is 5.10 Å². The quantitative estimate of drug-likeness (QED) is 0.219. The molecule has 0 atom stereocenters. The van der Waals surface area contributed by atoms with Crippen LogP contribution in [0.4, 0.5) is 0 Å². The molecule has 8 heteroatoms. The molecular formula is C25H20Br2ClN3O2. The number of hydrogen-bond donors (Lipinski definition) is 0. The fraction of sp³-hybridized carbons (Fsp3) is 0.160. The summed E-state index contributed by atoms with van der Waals surface area (Å²) in [6.45, 7) is 2.44. The third-order valence-electron chi connectivity index (χ3n) is 4.92. The number of nitrogens with zero attached hydrogens (tertiary/aromatic N) is 3.